The van der Waals surface area contributed by atoms with Gasteiger partial charge in [-0.05, 0) is 46.2 Å². The number of benzene rings is 2. The van der Waals surface area contributed by atoms with Crippen LogP contribution in [-0.4, -0.2) is 50.6 Å². The maximum atomic E-state index is 13.3. The van der Waals surface area contributed by atoms with Crippen LogP contribution in [0.15, 0.2) is 54.9 Å². The zero-order valence-electron chi connectivity index (χ0n) is 15.7. The smallest absolute Gasteiger partial charge is 0.254 e. The first-order valence-corrected chi connectivity index (χ1v) is 9.20. The Morgan fingerprint density at radius 1 is 1.21 bits per heavy atom. The van der Waals surface area contributed by atoms with Crippen molar-refractivity contribution in [3.05, 3.63) is 71.5 Å². The second-order valence-corrected chi connectivity index (χ2v) is 6.62. The number of hydrogen-bond acceptors (Lipinski definition) is 5. The fourth-order valence-corrected chi connectivity index (χ4v) is 3.45. The normalized spacial score (nSPS) is 16.5. The number of tetrazole rings is 1. The maximum absolute atomic E-state index is 13.3. The molecule has 7 nitrogen and oxygen atoms in total. The summed E-state index contributed by atoms with van der Waals surface area (Å²) in [6.07, 6.45) is 2.53. The molecule has 2 aromatic carbocycles. The van der Waals surface area contributed by atoms with E-state index in [1.807, 2.05) is 29.2 Å². The van der Waals surface area contributed by atoms with Gasteiger partial charge in [-0.15, -0.1) is 17.5 Å². The number of aromatic nitrogens is 4. The third kappa shape index (κ3) is 4.05. The number of halogens is 1. The van der Waals surface area contributed by atoms with Crippen molar-refractivity contribution in [3.63, 3.8) is 0 Å². The minimum Gasteiger partial charge on any atom is -0.329 e. The van der Waals surface area contributed by atoms with E-state index >= 15 is 0 Å². The quantitative estimate of drug-likeness (QED) is 0.730. The monoisotopic (exact) mass is 398 g/mol. The summed E-state index contributed by atoms with van der Waals surface area (Å²) in [4.78, 5) is 15.2. The van der Waals surface area contributed by atoms with Gasteiger partial charge in [0.25, 0.3) is 5.91 Å². The van der Waals surface area contributed by atoms with Crippen LogP contribution in [-0.2, 0) is 6.42 Å². The van der Waals surface area contributed by atoms with Crippen molar-refractivity contribution in [3.8, 4) is 5.69 Å². The summed E-state index contributed by atoms with van der Waals surface area (Å²) in [5.41, 5.74) is 3.86. The molecule has 0 bridgehead atoms. The van der Waals surface area contributed by atoms with Crippen molar-refractivity contribution in [1.82, 2.24) is 30.4 Å². The first kappa shape index (κ1) is 20.0. The van der Waals surface area contributed by atoms with E-state index in [9.17, 15) is 4.79 Å². The van der Waals surface area contributed by atoms with Crippen molar-refractivity contribution in [1.29, 1.82) is 0 Å². The molecule has 1 fully saturated rings. The number of rotatable bonds is 4. The van der Waals surface area contributed by atoms with Gasteiger partial charge >= 0.3 is 0 Å². The zero-order valence-corrected chi connectivity index (χ0v) is 16.5. The largest absolute Gasteiger partial charge is 0.329 e. The third-order valence-corrected chi connectivity index (χ3v) is 4.98. The molecule has 0 spiro atoms. The summed E-state index contributed by atoms with van der Waals surface area (Å²) < 4.78 is 1.55. The highest BCUT2D eigenvalue weighted by atomic mass is 35.5. The molecule has 1 aliphatic rings. The van der Waals surface area contributed by atoms with Gasteiger partial charge in [-0.2, -0.15) is 0 Å². The lowest BCUT2D eigenvalue weighted by molar-refractivity contribution is 0.0634. The van der Waals surface area contributed by atoms with E-state index in [4.69, 9.17) is 0 Å². The zero-order chi connectivity index (χ0) is 18.6. The van der Waals surface area contributed by atoms with Gasteiger partial charge in [0.2, 0.25) is 0 Å². The van der Waals surface area contributed by atoms with Gasteiger partial charge in [-0.3, -0.25) is 4.79 Å². The Bertz CT molecular complexity index is 913. The molecule has 1 atom stereocenters. The second-order valence-electron chi connectivity index (χ2n) is 6.62. The molecule has 3 aromatic rings. The molecule has 0 saturated carbocycles. The molecule has 4 rings (SSSR count). The average molecular weight is 399 g/mol. The fourth-order valence-electron chi connectivity index (χ4n) is 3.45. The summed E-state index contributed by atoms with van der Waals surface area (Å²) in [5.74, 6) is 0.0241. The number of hydrogen-bond donors (Lipinski definition) is 1. The van der Waals surface area contributed by atoms with E-state index in [-0.39, 0.29) is 24.4 Å². The molecular weight excluding hydrogens is 376 g/mol. The lowest BCUT2D eigenvalue weighted by Crippen LogP contribution is -2.48. The molecule has 1 saturated heterocycles. The minimum atomic E-state index is 0. The highest BCUT2D eigenvalue weighted by Crippen LogP contribution is 2.25. The van der Waals surface area contributed by atoms with Gasteiger partial charge in [0.15, 0.2) is 0 Å². The average Bonchev–Trinajstić information content (AvgIpc) is 3.28. The molecule has 146 valence electrons. The number of piperazine rings is 1. The van der Waals surface area contributed by atoms with Crippen LogP contribution < -0.4 is 5.32 Å². The minimum absolute atomic E-state index is 0. The van der Waals surface area contributed by atoms with E-state index in [2.05, 4.69) is 52.0 Å². The van der Waals surface area contributed by atoms with Crippen LogP contribution in [0.3, 0.4) is 0 Å². The fraction of sp³-hybridized carbons (Fsp3) is 0.300. The van der Waals surface area contributed by atoms with Gasteiger partial charge in [0.05, 0.1) is 11.7 Å². The molecule has 0 aliphatic carbocycles. The number of aryl methyl sites for hydroxylation is 1. The van der Waals surface area contributed by atoms with Gasteiger partial charge in [-0.25, -0.2) is 4.68 Å². The van der Waals surface area contributed by atoms with E-state index in [1.165, 1.54) is 11.9 Å². The van der Waals surface area contributed by atoms with Gasteiger partial charge in [0.1, 0.15) is 6.33 Å². The number of nitrogens with zero attached hydrogens (tertiary/aromatic N) is 5. The number of carbonyl (C=O) groups excluding carboxylic acids is 1. The molecule has 1 aliphatic heterocycles. The lowest BCUT2D eigenvalue weighted by atomic mass is 10.00. The van der Waals surface area contributed by atoms with Crippen molar-refractivity contribution < 1.29 is 4.79 Å². The SMILES string of the molecule is CCc1ccc(C2CNCCN2C(=O)c2cccc(-n3cnnn3)c2)cc1.Cl. The number of nitrogens with one attached hydrogen (secondary N) is 1. The summed E-state index contributed by atoms with van der Waals surface area (Å²) in [6.45, 7) is 4.37. The second kappa shape index (κ2) is 8.95. The molecule has 1 unspecified atom stereocenters. The van der Waals surface area contributed by atoms with Crippen LogP contribution in [0.2, 0.25) is 0 Å². The molecule has 1 N–H and O–H groups in total. The Morgan fingerprint density at radius 3 is 2.75 bits per heavy atom. The van der Waals surface area contributed by atoms with Crippen LogP contribution in [0.5, 0.6) is 0 Å². The Balaban J connectivity index is 0.00000225. The molecule has 1 amide bonds. The van der Waals surface area contributed by atoms with Crippen LogP contribution >= 0.6 is 12.4 Å². The molecule has 2 heterocycles. The van der Waals surface area contributed by atoms with Crippen molar-refractivity contribution in [2.45, 2.75) is 19.4 Å². The third-order valence-electron chi connectivity index (χ3n) is 4.98. The molecule has 28 heavy (non-hydrogen) atoms. The summed E-state index contributed by atoms with van der Waals surface area (Å²) in [5, 5.41) is 14.6. The number of amides is 1. The summed E-state index contributed by atoms with van der Waals surface area (Å²) in [7, 11) is 0. The Kier molecular flexibility index (Phi) is 6.38. The van der Waals surface area contributed by atoms with E-state index in [0.717, 1.165) is 30.8 Å². The van der Waals surface area contributed by atoms with Crippen LogP contribution in [0.25, 0.3) is 5.69 Å². The Hall–Kier alpha value is -2.77. The molecule has 0 radical (unpaired) electrons. The standard InChI is InChI=1S/C20H22N6O.ClH/c1-2-15-6-8-16(9-7-15)19-13-21-10-11-25(19)20(27)17-4-3-5-18(12-17)26-14-22-23-24-26;/h3-9,12,14,19,21H,2,10-11,13H2,1H3;1H. The van der Waals surface area contributed by atoms with E-state index in [1.54, 1.807) is 4.68 Å². The highest BCUT2D eigenvalue weighted by molar-refractivity contribution is 5.95. The Morgan fingerprint density at radius 2 is 2.04 bits per heavy atom. The van der Waals surface area contributed by atoms with Crippen LogP contribution in [0.1, 0.15) is 34.5 Å². The van der Waals surface area contributed by atoms with E-state index in [0.29, 0.717) is 12.1 Å². The number of carbonyl (C=O) groups is 1. The van der Waals surface area contributed by atoms with Crippen LogP contribution in [0.4, 0.5) is 0 Å². The predicted octanol–water partition coefficient (Wildman–Crippen LogP) is 2.43. The molecule has 1 aromatic heterocycles. The van der Waals surface area contributed by atoms with Gasteiger partial charge in [-0.1, -0.05) is 37.3 Å². The Labute approximate surface area is 170 Å². The molecular formula is C20H23ClN6O. The van der Waals surface area contributed by atoms with Crippen LogP contribution in [0, 0.1) is 0 Å². The van der Waals surface area contributed by atoms with Crippen molar-refractivity contribution in [2.75, 3.05) is 19.6 Å². The maximum Gasteiger partial charge on any atom is 0.254 e. The first-order valence-electron chi connectivity index (χ1n) is 9.20. The van der Waals surface area contributed by atoms with Crippen molar-refractivity contribution >= 4 is 18.3 Å². The molecule has 8 heteroatoms. The van der Waals surface area contributed by atoms with Gasteiger partial charge in [0, 0.05) is 25.2 Å². The highest BCUT2D eigenvalue weighted by Gasteiger charge is 2.28. The lowest BCUT2D eigenvalue weighted by Gasteiger charge is -2.36. The first-order chi connectivity index (χ1) is 13.3. The topological polar surface area (TPSA) is 75.9 Å². The summed E-state index contributed by atoms with van der Waals surface area (Å²) >= 11 is 0. The van der Waals surface area contributed by atoms with E-state index < -0.39 is 0 Å². The summed E-state index contributed by atoms with van der Waals surface area (Å²) in [6, 6.07) is 16.0. The van der Waals surface area contributed by atoms with Crippen molar-refractivity contribution in [2.24, 2.45) is 0 Å². The predicted molar refractivity (Wildman–Crippen MR) is 109 cm³/mol. The van der Waals surface area contributed by atoms with Gasteiger partial charge < -0.3 is 10.2 Å².